The number of benzene rings is 1. The molecule has 1 atom stereocenters. The van der Waals surface area contributed by atoms with Crippen molar-refractivity contribution in [2.45, 2.75) is 13.0 Å². The zero-order chi connectivity index (χ0) is 12.8. The van der Waals surface area contributed by atoms with Gasteiger partial charge in [-0.05, 0) is 13.0 Å². The van der Waals surface area contributed by atoms with E-state index in [2.05, 4.69) is 10.8 Å². The first kappa shape index (κ1) is 16.4. The molecular formula is C10H16ClN3O4. The lowest BCUT2D eigenvalue weighted by Gasteiger charge is -2.14. The average Bonchev–Trinajstić information content (AvgIpc) is 2.35. The zero-order valence-electron chi connectivity index (χ0n) is 10.0. The van der Waals surface area contributed by atoms with Crippen molar-refractivity contribution in [3.05, 3.63) is 28.3 Å². The maximum absolute atomic E-state index is 10.6. The second-order valence-corrected chi connectivity index (χ2v) is 3.55. The molecule has 8 heteroatoms. The Morgan fingerprint density at radius 2 is 2.22 bits per heavy atom. The molecule has 7 nitrogen and oxygen atoms in total. The number of hydrogen-bond acceptors (Lipinski definition) is 6. The second-order valence-electron chi connectivity index (χ2n) is 3.55. The lowest BCUT2D eigenvalue weighted by atomic mass is 10.2. The van der Waals surface area contributed by atoms with Gasteiger partial charge in [0.2, 0.25) is 0 Å². The van der Waals surface area contributed by atoms with E-state index in [1.54, 1.807) is 6.92 Å². The summed E-state index contributed by atoms with van der Waals surface area (Å²) < 4.78 is 5.08. The van der Waals surface area contributed by atoms with E-state index in [1.165, 1.54) is 25.3 Å². The number of non-ortho nitro benzene ring substituents is 1. The number of methoxy groups -OCH3 is 1. The van der Waals surface area contributed by atoms with Crippen LogP contribution in [-0.4, -0.2) is 29.8 Å². The van der Waals surface area contributed by atoms with Crippen molar-refractivity contribution in [3.8, 4) is 5.75 Å². The monoisotopic (exact) mass is 277 g/mol. The fraction of sp³-hybridized carbons (Fsp3) is 0.400. The van der Waals surface area contributed by atoms with E-state index in [0.29, 0.717) is 18.0 Å². The lowest BCUT2D eigenvalue weighted by Crippen LogP contribution is -2.29. The highest BCUT2D eigenvalue weighted by Gasteiger charge is 2.11. The van der Waals surface area contributed by atoms with Gasteiger partial charge in [0.1, 0.15) is 5.75 Å². The van der Waals surface area contributed by atoms with Crippen LogP contribution in [0.15, 0.2) is 18.2 Å². The van der Waals surface area contributed by atoms with Gasteiger partial charge in [0.15, 0.2) is 0 Å². The van der Waals surface area contributed by atoms with Crippen molar-refractivity contribution in [3.63, 3.8) is 0 Å². The molecule has 0 spiro atoms. The van der Waals surface area contributed by atoms with Gasteiger partial charge < -0.3 is 15.3 Å². The summed E-state index contributed by atoms with van der Waals surface area (Å²) in [5.74, 6) is 0.515. The number of nitro groups is 1. The number of halogens is 1. The molecule has 0 bridgehead atoms. The van der Waals surface area contributed by atoms with Gasteiger partial charge in [-0.3, -0.25) is 10.1 Å². The minimum Gasteiger partial charge on any atom is -0.495 e. The average molecular weight is 278 g/mol. The Kier molecular flexibility index (Phi) is 7.03. The van der Waals surface area contributed by atoms with E-state index in [1.807, 2.05) is 0 Å². The Balaban J connectivity index is 0.00000289. The van der Waals surface area contributed by atoms with Crippen LogP contribution < -0.4 is 15.5 Å². The van der Waals surface area contributed by atoms with Crippen LogP contribution in [0.3, 0.4) is 0 Å². The molecule has 0 saturated heterocycles. The summed E-state index contributed by atoms with van der Waals surface area (Å²) in [4.78, 5) is 10.2. The highest BCUT2D eigenvalue weighted by molar-refractivity contribution is 5.85. The third-order valence-corrected chi connectivity index (χ3v) is 2.21. The molecule has 0 aliphatic rings. The number of nitrogens with one attached hydrogen (secondary N) is 2. The van der Waals surface area contributed by atoms with Gasteiger partial charge in [-0.25, -0.2) is 5.48 Å². The Morgan fingerprint density at radius 1 is 1.56 bits per heavy atom. The van der Waals surface area contributed by atoms with E-state index < -0.39 is 4.92 Å². The minimum atomic E-state index is -0.474. The Bertz CT molecular complexity index is 403. The van der Waals surface area contributed by atoms with Gasteiger partial charge in [-0.2, -0.15) is 0 Å². The molecule has 102 valence electrons. The first-order valence-corrected chi connectivity index (χ1v) is 5.04. The van der Waals surface area contributed by atoms with Crippen LogP contribution in [0, 0.1) is 10.1 Å². The van der Waals surface area contributed by atoms with Gasteiger partial charge >= 0.3 is 0 Å². The molecule has 1 rings (SSSR count). The number of rotatable bonds is 6. The van der Waals surface area contributed by atoms with Crippen molar-refractivity contribution in [1.29, 1.82) is 0 Å². The Morgan fingerprint density at radius 3 is 2.72 bits per heavy atom. The van der Waals surface area contributed by atoms with Gasteiger partial charge in [-0.1, -0.05) is 0 Å². The second kappa shape index (κ2) is 7.70. The highest BCUT2D eigenvalue weighted by Crippen LogP contribution is 2.28. The Labute approximate surface area is 111 Å². The van der Waals surface area contributed by atoms with Crippen LogP contribution in [0.5, 0.6) is 5.75 Å². The molecule has 0 aromatic heterocycles. The molecule has 1 unspecified atom stereocenters. The van der Waals surface area contributed by atoms with Crippen molar-refractivity contribution in [2.75, 3.05) is 19.0 Å². The van der Waals surface area contributed by atoms with E-state index in [9.17, 15) is 10.1 Å². The number of hydrogen-bond donors (Lipinski definition) is 3. The Hall–Kier alpha value is -1.57. The summed E-state index contributed by atoms with van der Waals surface area (Å²) in [5, 5.41) is 22.2. The van der Waals surface area contributed by atoms with Gasteiger partial charge in [0.05, 0.1) is 17.7 Å². The van der Waals surface area contributed by atoms with E-state index in [0.717, 1.165) is 0 Å². The van der Waals surface area contributed by atoms with Crippen molar-refractivity contribution < 1.29 is 14.9 Å². The molecule has 0 fully saturated rings. The van der Waals surface area contributed by atoms with E-state index >= 15 is 0 Å². The van der Waals surface area contributed by atoms with Crippen LogP contribution >= 0.6 is 12.4 Å². The number of hydroxylamine groups is 1. The lowest BCUT2D eigenvalue weighted by molar-refractivity contribution is -0.384. The summed E-state index contributed by atoms with van der Waals surface area (Å²) >= 11 is 0. The molecule has 1 aromatic carbocycles. The fourth-order valence-corrected chi connectivity index (χ4v) is 1.26. The van der Waals surface area contributed by atoms with E-state index in [-0.39, 0.29) is 24.1 Å². The topological polar surface area (TPSA) is 96.7 Å². The molecule has 0 heterocycles. The molecular weight excluding hydrogens is 262 g/mol. The molecule has 0 amide bonds. The van der Waals surface area contributed by atoms with Crippen LogP contribution in [0.1, 0.15) is 6.92 Å². The zero-order valence-corrected chi connectivity index (χ0v) is 10.9. The quantitative estimate of drug-likeness (QED) is 0.542. The van der Waals surface area contributed by atoms with Gasteiger partial charge in [0, 0.05) is 24.7 Å². The largest absolute Gasteiger partial charge is 0.495 e. The number of ether oxygens (including phenoxy) is 1. The van der Waals surface area contributed by atoms with Crippen LogP contribution in [0.4, 0.5) is 11.4 Å². The summed E-state index contributed by atoms with van der Waals surface area (Å²) in [6.07, 6.45) is 0. The normalized spacial score (nSPS) is 11.3. The van der Waals surface area contributed by atoms with Crippen molar-refractivity contribution in [1.82, 2.24) is 5.48 Å². The number of anilines is 1. The molecule has 18 heavy (non-hydrogen) atoms. The van der Waals surface area contributed by atoms with Crippen LogP contribution in [0.25, 0.3) is 0 Å². The molecule has 1 aromatic rings. The highest BCUT2D eigenvalue weighted by atomic mass is 35.5. The molecule has 0 radical (unpaired) electrons. The molecule has 3 N–H and O–H groups in total. The van der Waals surface area contributed by atoms with Gasteiger partial charge in [0.25, 0.3) is 5.69 Å². The third kappa shape index (κ3) is 4.36. The molecule has 0 aliphatic heterocycles. The van der Waals surface area contributed by atoms with Gasteiger partial charge in [-0.15, -0.1) is 12.4 Å². The van der Waals surface area contributed by atoms with E-state index in [4.69, 9.17) is 9.94 Å². The summed E-state index contributed by atoms with van der Waals surface area (Å²) in [5.41, 5.74) is 2.57. The number of nitro benzene ring substituents is 1. The molecule has 0 aliphatic carbocycles. The first-order chi connectivity index (χ1) is 8.08. The number of nitrogens with zero attached hydrogens (tertiary/aromatic N) is 1. The molecule has 0 saturated carbocycles. The first-order valence-electron chi connectivity index (χ1n) is 5.04. The van der Waals surface area contributed by atoms with Crippen LogP contribution in [0.2, 0.25) is 0 Å². The SMILES string of the molecule is COc1ccc([N+](=O)[O-])cc1NCC(C)NO.Cl. The maximum Gasteiger partial charge on any atom is 0.271 e. The maximum atomic E-state index is 10.6. The van der Waals surface area contributed by atoms with Crippen molar-refractivity contribution >= 4 is 23.8 Å². The minimum absolute atomic E-state index is 0. The fourth-order valence-electron chi connectivity index (χ4n) is 1.26. The van der Waals surface area contributed by atoms with Crippen LogP contribution in [-0.2, 0) is 0 Å². The standard InChI is InChI=1S/C10H15N3O4.ClH/c1-7(12-14)6-11-9-5-8(13(15)16)3-4-10(9)17-2;/h3-5,7,11-12,14H,6H2,1-2H3;1H. The predicted molar refractivity (Wildman–Crippen MR) is 69.8 cm³/mol. The summed E-state index contributed by atoms with van der Waals surface area (Å²) in [7, 11) is 1.49. The summed E-state index contributed by atoms with van der Waals surface area (Å²) in [6.45, 7) is 2.17. The smallest absolute Gasteiger partial charge is 0.271 e. The predicted octanol–water partition coefficient (Wildman–Crippen LogP) is 1.80. The van der Waals surface area contributed by atoms with Crippen molar-refractivity contribution in [2.24, 2.45) is 0 Å². The summed E-state index contributed by atoms with van der Waals surface area (Å²) in [6, 6.07) is 4.11. The third-order valence-electron chi connectivity index (χ3n) is 2.21.